The second kappa shape index (κ2) is 6.02. The zero-order chi connectivity index (χ0) is 14.5. The summed E-state index contributed by atoms with van der Waals surface area (Å²) in [6.45, 7) is 0. The van der Waals surface area contributed by atoms with Gasteiger partial charge in [-0.25, -0.2) is 9.18 Å². The van der Waals surface area contributed by atoms with Crippen molar-refractivity contribution in [3.8, 4) is 5.75 Å². The Labute approximate surface area is 115 Å². The summed E-state index contributed by atoms with van der Waals surface area (Å²) in [7, 11) is 1.56. The van der Waals surface area contributed by atoms with Crippen LogP contribution in [0.1, 0.15) is 11.1 Å². The second-order valence-electron chi connectivity index (χ2n) is 4.15. The van der Waals surface area contributed by atoms with E-state index in [1.807, 2.05) is 0 Å². The summed E-state index contributed by atoms with van der Waals surface area (Å²) in [5, 5.41) is 9.26. The Morgan fingerprint density at radius 1 is 1.20 bits per heavy atom. The fraction of sp³-hybridized carbons (Fsp3) is 0.0625. The van der Waals surface area contributed by atoms with Gasteiger partial charge in [-0.05, 0) is 41.5 Å². The monoisotopic (exact) mass is 272 g/mol. The fourth-order valence-electron chi connectivity index (χ4n) is 1.79. The summed E-state index contributed by atoms with van der Waals surface area (Å²) in [6, 6.07) is 12.5. The molecule has 0 aliphatic rings. The number of hydrogen-bond donors (Lipinski definition) is 1. The molecule has 102 valence electrons. The van der Waals surface area contributed by atoms with Gasteiger partial charge in [-0.1, -0.05) is 24.3 Å². The minimum atomic E-state index is -1.11. The van der Waals surface area contributed by atoms with E-state index in [4.69, 9.17) is 4.74 Å². The number of aliphatic carboxylic acids is 1. The highest BCUT2D eigenvalue weighted by molar-refractivity contribution is 6.20. The van der Waals surface area contributed by atoms with E-state index < -0.39 is 11.8 Å². The normalized spacial score (nSPS) is 11.2. The first kappa shape index (κ1) is 13.8. The SMILES string of the molecule is COc1ccc(/C=C(/C(=O)O)c2cccc(F)c2)cc1. The number of hydrogen-bond acceptors (Lipinski definition) is 2. The highest BCUT2D eigenvalue weighted by Gasteiger charge is 2.11. The molecular weight excluding hydrogens is 259 g/mol. The lowest BCUT2D eigenvalue weighted by Gasteiger charge is -2.04. The first-order chi connectivity index (χ1) is 9.60. The van der Waals surface area contributed by atoms with Gasteiger partial charge < -0.3 is 9.84 Å². The molecule has 0 unspecified atom stereocenters. The smallest absolute Gasteiger partial charge is 0.336 e. The Morgan fingerprint density at radius 3 is 2.45 bits per heavy atom. The van der Waals surface area contributed by atoms with Gasteiger partial charge in [0, 0.05) is 0 Å². The van der Waals surface area contributed by atoms with Gasteiger partial charge in [0.1, 0.15) is 11.6 Å². The summed E-state index contributed by atoms with van der Waals surface area (Å²) in [6.07, 6.45) is 1.50. The molecule has 0 fully saturated rings. The van der Waals surface area contributed by atoms with Gasteiger partial charge in [0.25, 0.3) is 0 Å². The van der Waals surface area contributed by atoms with E-state index in [-0.39, 0.29) is 5.57 Å². The predicted octanol–water partition coefficient (Wildman–Crippen LogP) is 3.46. The van der Waals surface area contributed by atoms with Crippen molar-refractivity contribution in [2.24, 2.45) is 0 Å². The van der Waals surface area contributed by atoms with Crippen LogP contribution in [0.5, 0.6) is 5.75 Å². The van der Waals surface area contributed by atoms with E-state index in [1.165, 1.54) is 24.3 Å². The molecule has 0 heterocycles. The molecule has 2 aromatic rings. The first-order valence-corrected chi connectivity index (χ1v) is 5.95. The topological polar surface area (TPSA) is 46.5 Å². The van der Waals surface area contributed by atoms with Gasteiger partial charge in [-0.3, -0.25) is 0 Å². The standard InChI is InChI=1S/C16H13FO3/c1-20-14-7-5-11(6-8-14)9-15(16(18)19)12-3-2-4-13(17)10-12/h2-10H,1H3,(H,18,19)/b15-9+. The number of carboxylic acids is 1. The van der Waals surface area contributed by atoms with Crippen molar-refractivity contribution in [3.05, 3.63) is 65.5 Å². The maximum Gasteiger partial charge on any atom is 0.336 e. The molecule has 0 aliphatic carbocycles. The van der Waals surface area contributed by atoms with Crippen LogP contribution < -0.4 is 4.74 Å². The average Bonchev–Trinajstić information content (AvgIpc) is 2.45. The molecule has 1 N–H and O–H groups in total. The van der Waals surface area contributed by atoms with Gasteiger partial charge in [-0.2, -0.15) is 0 Å². The summed E-state index contributed by atoms with van der Waals surface area (Å²) in [4.78, 5) is 11.3. The Balaban J connectivity index is 2.42. The van der Waals surface area contributed by atoms with Crippen molar-refractivity contribution in [1.29, 1.82) is 0 Å². The molecule has 2 rings (SSSR count). The molecule has 0 saturated carbocycles. The van der Waals surface area contributed by atoms with E-state index in [2.05, 4.69) is 0 Å². The Kier molecular flexibility index (Phi) is 4.15. The Morgan fingerprint density at radius 2 is 1.90 bits per heavy atom. The third-order valence-corrected chi connectivity index (χ3v) is 2.79. The maximum atomic E-state index is 13.2. The van der Waals surface area contributed by atoms with Crippen molar-refractivity contribution in [1.82, 2.24) is 0 Å². The van der Waals surface area contributed by atoms with E-state index >= 15 is 0 Å². The highest BCUT2D eigenvalue weighted by Crippen LogP contribution is 2.21. The molecule has 2 aromatic carbocycles. The second-order valence-corrected chi connectivity index (χ2v) is 4.15. The van der Waals surface area contributed by atoms with Crippen molar-refractivity contribution in [3.63, 3.8) is 0 Å². The summed E-state index contributed by atoms with van der Waals surface area (Å²) in [5.74, 6) is -0.888. The van der Waals surface area contributed by atoms with Gasteiger partial charge in [0.15, 0.2) is 0 Å². The van der Waals surface area contributed by atoms with E-state index in [9.17, 15) is 14.3 Å². The van der Waals surface area contributed by atoms with Crippen molar-refractivity contribution >= 4 is 17.6 Å². The van der Waals surface area contributed by atoms with Crippen LogP contribution in [0, 0.1) is 5.82 Å². The van der Waals surface area contributed by atoms with E-state index in [1.54, 1.807) is 37.4 Å². The van der Waals surface area contributed by atoms with Gasteiger partial charge in [0.2, 0.25) is 0 Å². The number of benzene rings is 2. The van der Waals surface area contributed by atoms with Crippen LogP contribution in [0.15, 0.2) is 48.5 Å². The zero-order valence-corrected chi connectivity index (χ0v) is 10.8. The first-order valence-electron chi connectivity index (χ1n) is 5.95. The largest absolute Gasteiger partial charge is 0.497 e. The summed E-state index contributed by atoms with van der Waals surface area (Å²) in [5.41, 5.74) is 1.07. The zero-order valence-electron chi connectivity index (χ0n) is 10.8. The molecule has 4 heteroatoms. The third kappa shape index (κ3) is 3.23. The minimum Gasteiger partial charge on any atom is -0.497 e. The number of rotatable bonds is 4. The molecule has 0 saturated heterocycles. The van der Waals surface area contributed by atoms with Gasteiger partial charge >= 0.3 is 5.97 Å². The quantitative estimate of drug-likeness (QED) is 0.685. The molecule has 0 amide bonds. The van der Waals surface area contributed by atoms with E-state index in [0.717, 1.165) is 0 Å². The van der Waals surface area contributed by atoms with Crippen LogP contribution in [-0.4, -0.2) is 18.2 Å². The van der Waals surface area contributed by atoms with Crippen LogP contribution in [0.2, 0.25) is 0 Å². The molecule has 3 nitrogen and oxygen atoms in total. The van der Waals surface area contributed by atoms with Crippen LogP contribution in [0.25, 0.3) is 11.6 Å². The van der Waals surface area contributed by atoms with Crippen LogP contribution in [0.4, 0.5) is 4.39 Å². The maximum absolute atomic E-state index is 13.2. The molecule has 20 heavy (non-hydrogen) atoms. The van der Waals surface area contributed by atoms with Crippen molar-refractivity contribution in [2.75, 3.05) is 7.11 Å². The molecule has 0 aliphatic heterocycles. The molecule has 0 bridgehead atoms. The van der Waals surface area contributed by atoms with Crippen LogP contribution >= 0.6 is 0 Å². The lowest BCUT2D eigenvalue weighted by Crippen LogP contribution is -2.00. The molecule has 0 atom stereocenters. The van der Waals surface area contributed by atoms with Gasteiger partial charge in [-0.15, -0.1) is 0 Å². The number of ether oxygens (including phenoxy) is 1. The van der Waals surface area contributed by atoms with Crippen molar-refractivity contribution in [2.45, 2.75) is 0 Å². The Hall–Kier alpha value is -2.62. The van der Waals surface area contributed by atoms with Crippen LogP contribution in [-0.2, 0) is 4.79 Å². The Bertz CT molecular complexity index is 645. The minimum absolute atomic E-state index is 0.0367. The third-order valence-electron chi connectivity index (χ3n) is 2.79. The number of carboxylic acid groups (broad SMARTS) is 1. The van der Waals surface area contributed by atoms with Gasteiger partial charge in [0.05, 0.1) is 12.7 Å². The molecule has 0 radical (unpaired) electrons. The lowest BCUT2D eigenvalue weighted by atomic mass is 10.0. The molecular formula is C16H13FO3. The summed E-state index contributed by atoms with van der Waals surface area (Å²) >= 11 is 0. The van der Waals surface area contributed by atoms with Crippen molar-refractivity contribution < 1.29 is 19.0 Å². The van der Waals surface area contributed by atoms with E-state index in [0.29, 0.717) is 16.9 Å². The lowest BCUT2D eigenvalue weighted by molar-refractivity contribution is -0.130. The fourth-order valence-corrected chi connectivity index (χ4v) is 1.79. The average molecular weight is 272 g/mol. The predicted molar refractivity (Wildman–Crippen MR) is 74.9 cm³/mol. The molecule has 0 spiro atoms. The van der Waals surface area contributed by atoms with Crippen LogP contribution in [0.3, 0.4) is 0 Å². The number of halogens is 1. The number of carbonyl (C=O) groups is 1. The number of methoxy groups -OCH3 is 1. The summed E-state index contributed by atoms with van der Waals surface area (Å²) < 4.78 is 18.2. The molecule has 0 aromatic heterocycles. The highest BCUT2D eigenvalue weighted by atomic mass is 19.1.